The van der Waals surface area contributed by atoms with Crippen LogP contribution in [0.3, 0.4) is 0 Å². The second-order valence-corrected chi connectivity index (χ2v) is 7.76. The molecule has 0 radical (unpaired) electrons. The van der Waals surface area contributed by atoms with Crippen LogP contribution >= 0.6 is 0 Å². The Kier molecular flexibility index (Phi) is 5.44. The molecule has 2 atom stereocenters. The van der Waals surface area contributed by atoms with Gasteiger partial charge in [-0.1, -0.05) is 36.6 Å². The van der Waals surface area contributed by atoms with Crippen molar-refractivity contribution in [3.05, 3.63) is 34.9 Å². The fraction of sp³-hybridized carbons (Fsp3) is 0.571. The van der Waals surface area contributed by atoms with Gasteiger partial charge in [0.1, 0.15) is 0 Å². The average Bonchev–Trinajstić information content (AvgIpc) is 2.86. The van der Waals surface area contributed by atoms with Crippen LogP contribution < -0.4 is 0 Å². The van der Waals surface area contributed by atoms with Gasteiger partial charge in [0.2, 0.25) is 17.7 Å². The molecule has 0 aromatic heterocycles. The predicted molar refractivity (Wildman–Crippen MR) is 99.2 cm³/mol. The third kappa shape index (κ3) is 3.67. The summed E-state index contributed by atoms with van der Waals surface area (Å²) in [4.78, 5) is 40.5. The molecule has 1 aliphatic heterocycles. The molecule has 140 valence electrons. The van der Waals surface area contributed by atoms with E-state index in [1.165, 1.54) is 16.0 Å². The van der Waals surface area contributed by atoms with E-state index < -0.39 is 0 Å². The summed E-state index contributed by atoms with van der Waals surface area (Å²) in [6, 6.07) is 6.20. The largest absolute Gasteiger partial charge is 0.341 e. The number of fused-ring (bicyclic) bond motifs is 1. The molecule has 2 fully saturated rings. The summed E-state index contributed by atoms with van der Waals surface area (Å²) < 4.78 is 0. The number of nitrogens with zero attached hydrogens (tertiary/aromatic N) is 2. The molecule has 0 unspecified atom stereocenters. The first kappa shape index (κ1) is 18.6. The molecule has 2 aliphatic rings. The molecular weight excluding hydrogens is 328 g/mol. The van der Waals surface area contributed by atoms with Crippen LogP contribution in [0, 0.1) is 25.7 Å². The number of imide groups is 1. The van der Waals surface area contributed by atoms with E-state index in [0.717, 1.165) is 31.2 Å². The highest BCUT2D eigenvalue weighted by molar-refractivity contribution is 6.05. The maximum atomic E-state index is 12.5. The minimum absolute atomic E-state index is 0.0413. The second kappa shape index (κ2) is 7.60. The number of amides is 3. The molecule has 5 nitrogen and oxygen atoms in total. The van der Waals surface area contributed by atoms with Crippen molar-refractivity contribution >= 4 is 17.7 Å². The van der Waals surface area contributed by atoms with E-state index in [1.54, 1.807) is 11.9 Å². The summed E-state index contributed by atoms with van der Waals surface area (Å²) in [5.74, 6) is -0.451. The molecule has 0 spiro atoms. The van der Waals surface area contributed by atoms with Gasteiger partial charge < -0.3 is 4.90 Å². The minimum atomic E-state index is -0.140. The summed E-state index contributed by atoms with van der Waals surface area (Å²) in [5.41, 5.74) is 3.48. The zero-order chi connectivity index (χ0) is 18.8. The van der Waals surface area contributed by atoms with Crippen molar-refractivity contribution in [2.45, 2.75) is 52.5 Å². The Bertz CT molecular complexity index is 704. The molecule has 1 heterocycles. The van der Waals surface area contributed by atoms with E-state index in [9.17, 15) is 14.4 Å². The van der Waals surface area contributed by atoms with Crippen LogP contribution in [-0.2, 0) is 20.9 Å². The van der Waals surface area contributed by atoms with Gasteiger partial charge in [-0.05, 0) is 37.8 Å². The summed E-state index contributed by atoms with van der Waals surface area (Å²) in [6.45, 7) is 4.84. The topological polar surface area (TPSA) is 57.7 Å². The molecule has 1 aromatic carbocycles. The number of carbonyl (C=O) groups excluding carboxylic acids is 3. The standard InChI is InChI=1S/C21H28N2O3/c1-14-8-9-16(15(2)12-14)13-22(3)19(24)10-11-23-20(25)17-6-4-5-7-18(17)21(23)26/h8-9,12,17-18H,4-7,10-11,13H2,1-3H3/t17-,18+. The SMILES string of the molecule is Cc1ccc(CN(C)C(=O)CCN2C(=O)[C@H]3CCCC[C@H]3C2=O)c(C)c1. The lowest BCUT2D eigenvalue weighted by Gasteiger charge is -2.21. The van der Waals surface area contributed by atoms with Crippen molar-refractivity contribution < 1.29 is 14.4 Å². The number of hydrogen-bond donors (Lipinski definition) is 0. The molecule has 1 saturated carbocycles. The van der Waals surface area contributed by atoms with E-state index in [4.69, 9.17) is 0 Å². The number of carbonyl (C=O) groups is 3. The van der Waals surface area contributed by atoms with Crippen LogP contribution in [0.2, 0.25) is 0 Å². The highest BCUT2D eigenvalue weighted by Crippen LogP contribution is 2.38. The fourth-order valence-electron chi connectivity index (χ4n) is 4.22. The molecule has 1 aliphatic carbocycles. The molecule has 0 N–H and O–H groups in total. The number of rotatable bonds is 5. The predicted octanol–water partition coefficient (Wildman–Crippen LogP) is 2.83. The van der Waals surface area contributed by atoms with Gasteiger partial charge in [-0.25, -0.2) is 0 Å². The molecule has 3 amide bonds. The molecule has 0 bridgehead atoms. The van der Waals surface area contributed by atoms with Gasteiger partial charge in [0.05, 0.1) is 11.8 Å². The third-order valence-corrected chi connectivity index (χ3v) is 5.81. The van der Waals surface area contributed by atoms with Crippen LogP contribution in [0.5, 0.6) is 0 Å². The number of aryl methyl sites for hydroxylation is 2. The average molecular weight is 356 g/mol. The van der Waals surface area contributed by atoms with Crippen LogP contribution in [0.4, 0.5) is 0 Å². The highest BCUT2D eigenvalue weighted by Gasteiger charge is 2.47. The first-order valence-corrected chi connectivity index (χ1v) is 9.54. The van der Waals surface area contributed by atoms with Gasteiger partial charge in [0, 0.05) is 26.6 Å². The van der Waals surface area contributed by atoms with Crippen molar-refractivity contribution in [3.8, 4) is 0 Å². The molecule has 3 rings (SSSR count). The van der Waals surface area contributed by atoms with Crippen LogP contribution in [0.1, 0.15) is 48.8 Å². The lowest BCUT2D eigenvalue weighted by Crippen LogP contribution is -2.36. The lowest BCUT2D eigenvalue weighted by molar-refractivity contribution is -0.140. The molecular formula is C21H28N2O3. The third-order valence-electron chi connectivity index (χ3n) is 5.81. The zero-order valence-electron chi connectivity index (χ0n) is 16.0. The van der Waals surface area contributed by atoms with Gasteiger partial charge in [-0.3, -0.25) is 19.3 Å². The van der Waals surface area contributed by atoms with E-state index >= 15 is 0 Å². The van der Waals surface area contributed by atoms with Gasteiger partial charge >= 0.3 is 0 Å². The quantitative estimate of drug-likeness (QED) is 0.762. The number of likely N-dealkylation sites (tertiary alicyclic amines) is 1. The van der Waals surface area contributed by atoms with Crippen molar-refractivity contribution in [3.63, 3.8) is 0 Å². The Morgan fingerprint density at radius 1 is 1.12 bits per heavy atom. The molecule has 1 aromatic rings. The Hall–Kier alpha value is -2.17. The number of benzene rings is 1. The minimum Gasteiger partial charge on any atom is -0.341 e. The Morgan fingerprint density at radius 2 is 1.73 bits per heavy atom. The van der Waals surface area contributed by atoms with E-state index in [2.05, 4.69) is 6.07 Å². The van der Waals surface area contributed by atoms with Crippen molar-refractivity contribution in [1.82, 2.24) is 9.80 Å². The van der Waals surface area contributed by atoms with E-state index in [1.807, 2.05) is 26.0 Å². The summed E-state index contributed by atoms with van der Waals surface area (Å²) in [6.07, 6.45) is 3.86. The van der Waals surface area contributed by atoms with Gasteiger partial charge in [-0.15, -0.1) is 0 Å². The number of hydrogen-bond acceptors (Lipinski definition) is 3. The molecule has 5 heteroatoms. The Morgan fingerprint density at radius 3 is 2.31 bits per heavy atom. The van der Waals surface area contributed by atoms with Crippen LogP contribution in [-0.4, -0.2) is 41.1 Å². The zero-order valence-corrected chi connectivity index (χ0v) is 16.0. The fourth-order valence-corrected chi connectivity index (χ4v) is 4.22. The van der Waals surface area contributed by atoms with E-state index in [-0.39, 0.29) is 42.5 Å². The van der Waals surface area contributed by atoms with Crippen molar-refractivity contribution in [1.29, 1.82) is 0 Å². The van der Waals surface area contributed by atoms with E-state index in [0.29, 0.717) is 6.54 Å². The maximum Gasteiger partial charge on any atom is 0.233 e. The van der Waals surface area contributed by atoms with Crippen LogP contribution in [0.25, 0.3) is 0 Å². The lowest BCUT2D eigenvalue weighted by atomic mass is 9.81. The first-order chi connectivity index (χ1) is 12.4. The smallest absolute Gasteiger partial charge is 0.233 e. The van der Waals surface area contributed by atoms with Crippen molar-refractivity contribution in [2.24, 2.45) is 11.8 Å². The maximum absolute atomic E-state index is 12.5. The summed E-state index contributed by atoms with van der Waals surface area (Å²) in [7, 11) is 1.77. The van der Waals surface area contributed by atoms with Crippen molar-refractivity contribution in [2.75, 3.05) is 13.6 Å². The van der Waals surface area contributed by atoms with Crippen LogP contribution in [0.15, 0.2) is 18.2 Å². The summed E-state index contributed by atoms with van der Waals surface area (Å²) >= 11 is 0. The molecule has 26 heavy (non-hydrogen) atoms. The Balaban J connectivity index is 1.56. The first-order valence-electron chi connectivity index (χ1n) is 9.54. The second-order valence-electron chi connectivity index (χ2n) is 7.76. The molecule has 1 saturated heterocycles. The van der Waals surface area contributed by atoms with Gasteiger partial charge in [0.15, 0.2) is 0 Å². The van der Waals surface area contributed by atoms with Gasteiger partial charge in [0.25, 0.3) is 0 Å². The highest BCUT2D eigenvalue weighted by atomic mass is 16.2. The monoisotopic (exact) mass is 356 g/mol. The Labute approximate surface area is 155 Å². The normalized spacial score (nSPS) is 22.5. The van der Waals surface area contributed by atoms with Gasteiger partial charge in [-0.2, -0.15) is 0 Å². The summed E-state index contributed by atoms with van der Waals surface area (Å²) in [5, 5.41) is 0.